The van der Waals surface area contributed by atoms with Crippen LogP contribution in [0.1, 0.15) is 47.4 Å². The number of amides is 2. The summed E-state index contributed by atoms with van der Waals surface area (Å²) in [6.45, 7) is 2.08. The summed E-state index contributed by atoms with van der Waals surface area (Å²) in [5.74, 6) is -1.09. The molecule has 1 atom stereocenters. The number of urea groups is 1. The Morgan fingerprint density at radius 2 is 2.00 bits per heavy atom. The van der Waals surface area contributed by atoms with Crippen molar-refractivity contribution >= 4 is 29.0 Å². The molecule has 1 aromatic carbocycles. The fraction of sp³-hybridized carbons (Fsp3) is 0.318. The van der Waals surface area contributed by atoms with Crippen LogP contribution in [0, 0.1) is 0 Å². The van der Waals surface area contributed by atoms with Crippen molar-refractivity contribution in [2.45, 2.75) is 32.0 Å². The number of anilines is 1. The van der Waals surface area contributed by atoms with Gasteiger partial charge in [0.05, 0.1) is 24.5 Å². The van der Waals surface area contributed by atoms with E-state index in [1.54, 1.807) is 16.2 Å². The first-order valence-electron chi connectivity index (χ1n) is 10.3. The van der Waals surface area contributed by atoms with Crippen molar-refractivity contribution in [1.29, 1.82) is 0 Å². The van der Waals surface area contributed by atoms with Crippen LogP contribution >= 0.6 is 11.3 Å². The van der Waals surface area contributed by atoms with Gasteiger partial charge in [0.15, 0.2) is 5.69 Å². The number of carbonyl (C=O) groups excluding carboxylic acids is 2. The van der Waals surface area contributed by atoms with Gasteiger partial charge in [-0.25, -0.2) is 14.3 Å². The third kappa shape index (κ3) is 4.72. The summed E-state index contributed by atoms with van der Waals surface area (Å²) in [6.07, 6.45) is -2.20. The maximum Gasteiger partial charge on any atom is 0.434 e. The summed E-state index contributed by atoms with van der Waals surface area (Å²) < 4.78 is 46.4. The lowest BCUT2D eigenvalue weighted by atomic mass is 10.1. The highest BCUT2D eigenvalue weighted by Crippen LogP contribution is 2.35. The van der Waals surface area contributed by atoms with Crippen molar-refractivity contribution < 1.29 is 27.5 Å². The molecule has 1 fully saturated rings. The molecule has 0 saturated carbocycles. The molecule has 0 spiro atoms. The summed E-state index contributed by atoms with van der Waals surface area (Å²) in [6, 6.07) is 7.53. The van der Waals surface area contributed by atoms with Gasteiger partial charge in [-0.3, -0.25) is 0 Å². The molecule has 4 rings (SSSR count). The van der Waals surface area contributed by atoms with Gasteiger partial charge in [-0.1, -0.05) is 0 Å². The summed E-state index contributed by atoms with van der Waals surface area (Å²) in [5.41, 5.74) is -0.248. The molecule has 0 aliphatic carbocycles. The van der Waals surface area contributed by atoms with Crippen LogP contribution in [0.3, 0.4) is 0 Å². The van der Waals surface area contributed by atoms with Gasteiger partial charge < -0.3 is 15.0 Å². The van der Waals surface area contributed by atoms with Crippen LogP contribution in [-0.4, -0.2) is 39.8 Å². The van der Waals surface area contributed by atoms with Gasteiger partial charge in [0.1, 0.15) is 5.56 Å². The molecule has 1 unspecified atom stereocenters. The van der Waals surface area contributed by atoms with Gasteiger partial charge in [-0.2, -0.15) is 29.6 Å². The van der Waals surface area contributed by atoms with E-state index in [1.807, 2.05) is 16.8 Å². The zero-order valence-corrected chi connectivity index (χ0v) is 18.4. The smallest absolute Gasteiger partial charge is 0.434 e. The molecule has 2 amide bonds. The van der Waals surface area contributed by atoms with Crippen molar-refractivity contribution in [3.63, 3.8) is 0 Å². The van der Waals surface area contributed by atoms with Gasteiger partial charge in [-0.05, 0) is 66.4 Å². The Morgan fingerprint density at radius 1 is 1.24 bits per heavy atom. The maximum atomic E-state index is 13.7. The Balaban J connectivity index is 1.53. The van der Waals surface area contributed by atoms with E-state index in [4.69, 9.17) is 4.74 Å². The van der Waals surface area contributed by atoms with Gasteiger partial charge in [0, 0.05) is 12.2 Å². The van der Waals surface area contributed by atoms with Crippen LogP contribution in [0.25, 0.3) is 5.69 Å². The standard InChI is InChI=1S/C22H21F3N4O3S/c1-2-32-20(30)17-12-26-29(19(17)22(23,24)25)16-7-5-15(6-8-16)27-21(31)28-10-3-4-18(28)14-9-11-33-13-14/h5-9,11-13,18H,2-4,10H2,1H3,(H,27,31). The number of aromatic nitrogens is 2. The van der Waals surface area contributed by atoms with Crippen molar-refractivity contribution in [1.82, 2.24) is 14.7 Å². The number of carbonyl (C=O) groups is 2. The minimum atomic E-state index is -4.82. The average Bonchev–Trinajstić information content (AvgIpc) is 3.53. The number of nitrogens with zero attached hydrogens (tertiary/aromatic N) is 3. The van der Waals surface area contributed by atoms with Gasteiger partial charge in [0.25, 0.3) is 0 Å². The van der Waals surface area contributed by atoms with Gasteiger partial charge in [0.2, 0.25) is 0 Å². The summed E-state index contributed by atoms with van der Waals surface area (Å²) >= 11 is 1.58. The number of benzene rings is 1. The molecule has 3 aromatic rings. The molecule has 1 saturated heterocycles. The Kier molecular flexibility index (Phi) is 6.41. The maximum absolute atomic E-state index is 13.7. The molecule has 2 aromatic heterocycles. The van der Waals surface area contributed by atoms with E-state index in [0.717, 1.165) is 24.6 Å². The number of ether oxygens (including phenoxy) is 1. The molecule has 0 bridgehead atoms. The van der Waals surface area contributed by atoms with Gasteiger partial charge in [-0.15, -0.1) is 0 Å². The highest BCUT2D eigenvalue weighted by Gasteiger charge is 2.41. The fourth-order valence-corrected chi connectivity index (χ4v) is 4.58. The third-order valence-electron chi connectivity index (χ3n) is 5.34. The van der Waals surface area contributed by atoms with E-state index in [-0.39, 0.29) is 24.4 Å². The van der Waals surface area contributed by atoms with Crippen molar-refractivity contribution in [3.8, 4) is 5.69 Å². The number of hydrogen-bond acceptors (Lipinski definition) is 5. The second kappa shape index (κ2) is 9.26. The quantitative estimate of drug-likeness (QED) is 0.492. The molecule has 1 N–H and O–H groups in total. The SMILES string of the molecule is CCOC(=O)c1cnn(-c2ccc(NC(=O)N3CCCC3c3ccsc3)cc2)c1C(F)(F)F. The van der Waals surface area contributed by atoms with Gasteiger partial charge >= 0.3 is 18.2 Å². The fourth-order valence-electron chi connectivity index (χ4n) is 3.88. The highest BCUT2D eigenvalue weighted by molar-refractivity contribution is 7.08. The van der Waals surface area contributed by atoms with Crippen LogP contribution in [0.4, 0.5) is 23.7 Å². The molecule has 1 aliphatic heterocycles. The monoisotopic (exact) mass is 478 g/mol. The molecule has 33 heavy (non-hydrogen) atoms. The van der Waals surface area contributed by atoms with Crippen LogP contribution in [-0.2, 0) is 10.9 Å². The van der Waals surface area contributed by atoms with Crippen LogP contribution in [0.5, 0.6) is 0 Å². The van der Waals surface area contributed by atoms with E-state index in [2.05, 4.69) is 10.4 Å². The second-order valence-corrected chi connectivity index (χ2v) is 8.20. The predicted octanol–water partition coefficient (Wildman–Crippen LogP) is 5.50. The molecule has 1 aliphatic rings. The van der Waals surface area contributed by atoms with E-state index in [1.165, 1.54) is 31.2 Å². The number of esters is 1. The Morgan fingerprint density at radius 3 is 2.64 bits per heavy atom. The number of alkyl halides is 3. The molecule has 11 heteroatoms. The van der Waals surface area contributed by atoms with E-state index < -0.39 is 23.4 Å². The van der Waals surface area contributed by atoms with Crippen molar-refractivity contribution in [2.75, 3.05) is 18.5 Å². The van der Waals surface area contributed by atoms with Crippen LogP contribution < -0.4 is 5.32 Å². The first-order valence-corrected chi connectivity index (χ1v) is 11.3. The second-order valence-electron chi connectivity index (χ2n) is 7.42. The lowest BCUT2D eigenvalue weighted by Crippen LogP contribution is -2.34. The molecular weight excluding hydrogens is 457 g/mol. The number of thiophene rings is 1. The third-order valence-corrected chi connectivity index (χ3v) is 6.04. The van der Waals surface area contributed by atoms with Crippen molar-refractivity contribution in [3.05, 3.63) is 64.1 Å². The van der Waals surface area contributed by atoms with Crippen molar-refractivity contribution in [2.24, 2.45) is 0 Å². The zero-order chi connectivity index (χ0) is 23.6. The molecule has 7 nitrogen and oxygen atoms in total. The summed E-state index contributed by atoms with van der Waals surface area (Å²) in [5, 5.41) is 10.6. The normalized spacial score (nSPS) is 16.1. The number of hydrogen-bond donors (Lipinski definition) is 1. The van der Waals surface area contributed by atoms with E-state index in [0.29, 0.717) is 16.9 Å². The minimum absolute atomic E-state index is 0.00948. The molecule has 3 heterocycles. The lowest BCUT2D eigenvalue weighted by Gasteiger charge is -2.24. The zero-order valence-electron chi connectivity index (χ0n) is 17.6. The average molecular weight is 478 g/mol. The minimum Gasteiger partial charge on any atom is -0.462 e. The Labute approximate surface area is 191 Å². The Hall–Kier alpha value is -3.34. The van der Waals surface area contributed by atoms with E-state index >= 15 is 0 Å². The lowest BCUT2D eigenvalue weighted by molar-refractivity contribution is -0.143. The number of halogens is 3. The van der Waals surface area contributed by atoms with Crippen LogP contribution in [0.2, 0.25) is 0 Å². The van der Waals surface area contributed by atoms with Crippen LogP contribution in [0.15, 0.2) is 47.3 Å². The topological polar surface area (TPSA) is 76.5 Å². The molecule has 174 valence electrons. The summed E-state index contributed by atoms with van der Waals surface area (Å²) in [4.78, 5) is 26.5. The molecular formula is C22H21F3N4O3S. The number of rotatable bonds is 5. The first kappa shape index (κ1) is 22.8. The first-order chi connectivity index (χ1) is 15.8. The molecule has 0 radical (unpaired) electrons. The number of nitrogens with one attached hydrogen (secondary N) is 1. The van der Waals surface area contributed by atoms with E-state index in [9.17, 15) is 22.8 Å². The summed E-state index contributed by atoms with van der Waals surface area (Å²) in [7, 11) is 0. The largest absolute Gasteiger partial charge is 0.462 e. The predicted molar refractivity (Wildman–Crippen MR) is 117 cm³/mol. The Bertz CT molecular complexity index is 1130. The number of likely N-dealkylation sites (tertiary alicyclic amines) is 1. The highest BCUT2D eigenvalue weighted by atomic mass is 32.1.